The molecule has 2 aliphatic rings. The Hall–Kier alpha value is -4.67. The van der Waals surface area contributed by atoms with Gasteiger partial charge in [-0.1, -0.05) is 0 Å². The van der Waals surface area contributed by atoms with Crippen LogP contribution in [0.3, 0.4) is 0 Å². The van der Waals surface area contributed by atoms with Crippen LogP contribution in [-0.4, -0.2) is 72.3 Å². The highest BCUT2D eigenvalue weighted by Crippen LogP contribution is 2.46. The number of aliphatic hydroxyl groups excluding tert-OH is 1. The van der Waals surface area contributed by atoms with Crippen LogP contribution in [0, 0.1) is 0 Å². The van der Waals surface area contributed by atoms with Crippen molar-refractivity contribution in [3.8, 4) is 28.7 Å². The number of rotatable bonds is 9. The second-order valence-electron chi connectivity index (χ2n) is 8.96. The zero-order valence-electron chi connectivity index (χ0n) is 21.9. The molecule has 39 heavy (non-hydrogen) atoms. The molecule has 11 heteroatoms. The van der Waals surface area contributed by atoms with E-state index in [-0.39, 0.29) is 17.9 Å². The third kappa shape index (κ3) is 4.83. The molecule has 2 aliphatic heterocycles. The van der Waals surface area contributed by atoms with Crippen LogP contribution >= 0.6 is 0 Å². The van der Waals surface area contributed by atoms with Crippen molar-refractivity contribution in [2.75, 3.05) is 41.1 Å². The van der Waals surface area contributed by atoms with E-state index in [0.717, 1.165) is 0 Å². The Bertz CT molecular complexity index is 1390. The summed E-state index contributed by atoms with van der Waals surface area (Å²) in [7, 11) is 4.46. The maximum absolute atomic E-state index is 13.5. The van der Waals surface area contributed by atoms with Gasteiger partial charge in [-0.05, 0) is 42.3 Å². The second-order valence-corrected chi connectivity index (χ2v) is 8.96. The molecule has 1 N–H and O–H groups in total. The molecule has 1 fully saturated rings. The molecular formula is C28H29N3O8. The number of hydrogen-bond donors (Lipinski definition) is 1. The van der Waals surface area contributed by atoms with Crippen molar-refractivity contribution in [3.05, 3.63) is 65.8 Å². The van der Waals surface area contributed by atoms with Crippen LogP contribution in [0.1, 0.15) is 23.6 Å². The van der Waals surface area contributed by atoms with Crippen LogP contribution in [0.25, 0.3) is 5.76 Å². The van der Waals surface area contributed by atoms with Crippen molar-refractivity contribution in [2.24, 2.45) is 0 Å². The number of methoxy groups -OCH3 is 3. The highest BCUT2D eigenvalue weighted by Gasteiger charge is 2.46. The predicted molar refractivity (Wildman–Crippen MR) is 139 cm³/mol. The monoisotopic (exact) mass is 535 g/mol. The Morgan fingerprint density at radius 2 is 1.72 bits per heavy atom. The molecule has 0 radical (unpaired) electrons. The molecule has 1 atom stereocenters. The zero-order valence-corrected chi connectivity index (χ0v) is 21.9. The fraction of sp³-hybridized carbons (Fsp3) is 0.321. The number of nitrogens with zero attached hydrogens (tertiary/aromatic N) is 3. The zero-order chi connectivity index (χ0) is 27.5. The minimum absolute atomic E-state index is 0.0476. The van der Waals surface area contributed by atoms with Crippen LogP contribution in [0.2, 0.25) is 0 Å². The number of ether oxygens (including phenoxy) is 5. The van der Waals surface area contributed by atoms with Crippen LogP contribution in [0.5, 0.6) is 28.7 Å². The van der Waals surface area contributed by atoms with Gasteiger partial charge in [0.2, 0.25) is 5.75 Å². The van der Waals surface area contributed by atoms with E-state index in [4.69, 9.17) is 23.7 Å². The lowest BCUT2D eigenvalue weighted by Crippen LogP contribution is -2.31. The first-order valence-corrected chi connectivity index (χ1v) is 12.4. The lowest BCUT2D eigenvalue weighted by atomic mass is 9.94. The number of benzene rings is 2. The van der Waals surface area contributed by atoms with E-state index in [1.54, 1.807) is 42.9 Å². The third-order valence-electron chi connectivity index (χ3n) is 6.73. The molecule has 11 nitrogen and oxygen atoms in total. The summed E-state index contributed by atoms with van der Waals surface area (Å²) in [6.45, 7) is 1.63. The predicted octanol–water partition coefficient (Wildman–Crippen LogP) is 3.19. The number of carbonyl (C=O) groups excluding carboxylic acids is 2. The molecule has 0 bridgehead atoms. The number of ketones is 1. The van der Waals surface area contributed by atoms with Gasteiger partial charge in [0, 0.05) is 31.0 Å². The number of aryl methyl sites for hydroxylation is 1. The van der Waals surface area contributed by atoms with E-state index in [9.17, 15) is 14.7 Å². The second kappa shape index (κ2) is 11.0. The molecular weight excluding hydrogens is 506 g/mol. The largest absolute Gasteiger partial charge is 0.507 e. The number of likely N-dealkylation sites (tertiary alicyclic amines) is 1. The summed E-state index contributed by atoms with van der Waals surface area (Å²) in [5, 5.41) is 11.5. The summed E-state index contributed by atoms with van der Waals surface area (Å²) in [6.07, 6.45) is 5.74. The highest BCUT2D eigenvalue weighted by molar-refractivity contribution is 6.46. The first-order chi connectivity index (χ1) is 19.0. The molecule has 0 saturated carbocycles. The van der Waals surface area contributed by atoms with Gasteiger partial charge in [-0.15, -0.1) is 0 Å². The lowest BCUT2D eigenvalue weighted by molar-refractivity contribution is -0.139. The number of aromatic nitrogens is 2. The first-order valence-electron chi connectivity index (χ1n) is 12.4. The summed E-state index contributed by atoms with van der Waals surface area (Å²) in [6, 6.07) is 7.34. The summed E-state index contributed by atoms with van der Waals surface area (Å²) >= 11 is 0. The average molecular weight is 536 g/mol. The van der Waals surface area contributed by atoms with Crippen molar-refractivity contribution in [1.82, 2.24) is 14.5 Å². The molecule has 1 unspecified atom stereocenters. The molecule has 2 aromatic carbocycles. The number of hydrogen-bond acceptors (Lipinski definition) is 9. The first kappa shape index (κ1) is 26.0. The molecule has 0 spiro atoms. The fourth-order valence-electron chi connectivity index (χ4n) is 4.91. The van der Waals surface area contributed by atoms with Gasteiger partial charge in [0.15, 0.2) is 23.0 Å². The van der Waals surface area contributed by atoms with Crippen LogP contribution < -0.4 is 23.7 Å². The van der Waals surface area contributed by atoms with Crippen LogP contribution in [-0.2, 0) is 16.1 Å². The molecule has 3 heterocycles. The van der Waals surface area contributed by atoms with E-state index in [1.165, 1.54) is 26.2 Å². The van der Waals surface area contributed by atoms with E-state index in [0.29, 0.717) is 66.1 Å². The van der Waals surface area contributed by atoms with Gasteiger partial charge in [0.1, 0.15) is 19.0 Å². The lowest BCUT2D eigenvalue weighted by Gasteiger charge is -2.27. The van der Waals surface area contributed by atoms with Crippen molar-refractivity contribution >= 4 is 17.4 Å². The van der Waals surface area contributed by atoms with Crippen molar-refractivity contribution in [2.45, 2.75) is 19.0 Å². The maximum Gasteiger partial charge on any atom is 0.295 e. The summed E-state index contributed by atoms with van der Waals surface area (Å²) in [5.74, 6) is 0.254. The Morgan fingerprint density at radius 3 is 2.36 bits per heavy atom. The number of aliphatic hydroxyl groups is 1. The maximum atomic E-state index is 13.5. The Morgan fingerprint density at radius 1 is 1.00 bits per heavy atom. The number of carbonyl (C=O) groups is 2. The van der Waals surface area contributed by atoms with Gasteiger partial charge in [-0.3, -0.25) is 9.59 Å². The number of amides is 1. The third-order valence-corrected chi connectivity index (χ3v) is 6.73. The van der Waals surface area contributed by atoms with E-state index in [1.807, 2.05) is 10.8 Å². The molecule has 1 amide bonds. The standard InChI is InChI=1S/C28H29N3O8/c1-35-21-14-18(15-22(36-2)27(21)37-3)24-23(25(32)17-5-6-19-20(13-17)39-12-11-38-19)26(33)28(34)31(24)9-4-8-30-10-7-29-16-30/h5-7,10,13-16,24,32H,4,8-9,11-12H2,1-3H3. The minimum atomic E-state index is -0.908. The highest BCUT2D eigenvalue weighted by atomic mass is 16.6. The minimum Gasteiger partial charge on any atom is -0.507 e. The van der Waals surface area contributed by atoms with Gasteiger partial charge in [-0.25, -0.2) is 4.98 Å². The molecule has 1 aromatic heterocycles. The summed E-state index contributed by atoms with van der Waals surface area (Å²) in [4.78, 5) is 32.3. The van der Waals surface area contributed by atoms with E-state index < -0.39 is 17.7 Å². The SMILES string of the molecule is COc1cc(C2C(=C(O)c3ccc4c(c3)OCCO4)C(=O)C(=O)N2CCCn2ccnc2)cc(OC)c1OC. The van der Waals surface area contributed by atoms with E-state index in [2.05, 4.69) is 4.98 Å². The van der Waals surface area contributed by atoms with Crippen molar-refractivity contribution in [3.63, 3.8) is 0 Å². The number of imidazole rings is 1. The molecule has 5 rings (SSSR count). The molecule has 3 aromatic rings. The topological polar surface area (TPSA) is 122 Å². The average Bonchev–Trinajstić information content (AvgIpc) is 3.58. The van der Waals surface area contributed by atoms with E-state index >= 15 is 0 Å². The summed E-state index contributed by atoms with van der Waals surface area (Å²) in [5.41, 5.74) is 0.798. The van der Waals surface area contributed by atoms with Crippen molar-refractivity contribution in [1.29, 1.82) is 0 Å². The summed E-state index contributed by atoms with van der Waals surface area (Å²) < 4.78 is 29.6. The van der Waals surface area contributed by atoms with Gasteiger partial charge in [0.25, 0.3) is 11.7 Å². The quantitative estimate of drug-likeness (QED) is 0.250. The molecule has 0 aliphatic carbocycles. The van der Waals surface area contributed by atoms with Crippen LogP contribution in [0.15, 0.2) is 54.6 Å². The van der Waals surface area contributed by atoms with Gasteiger partial charge in [0.05, 0.1) is 39.3 Å². The molecule has 204 valence electrons. The Kier molecular flexibility index (Phi) is 7.31. The van der Waals surface area contributed by atoms with Crippen molar-refractivity contribution < 1.29 is 38.4 Å². The molecule has 1 saturated heterocycles. The van der Waals surface area contributed by atoms with Gasteiger partial charge in [-0.2, -0.15) is 0 Å². The Labute approximate surface area is 225 Å². The Balaban J connectivity index is 1.61. The van der Waals surface area contributed by atoms with Crippen LogP contribution in [0.4, 0.5) is 0 Å². The number of fused-ring (bicyclic) bond motifs is 1. The van der Waals surface area contributed by atoms with Gasteiger partial charge < -0.3 is 38.3 Å². The fourth-order valence-corrected chi connectivity index (χ4v) is 4.91. The smallest absolute Gasteiger partial charge is 0.295 e. The normalized spacial score (nSPS) is 17.8. The van der Waals surface area contributed by atoms with Gasteiger partial charge >= 0.3 is 0 Å². The number of Topliss-reactive ketones (excluding diaryl/α,β-unsaturated/α-hetero) is 1.